The van der Waals surface area contributed by atoms with Gasteiger partial charge in [-0.25, -0.2) is 21.8 Å². The Morgan fingerprint density at radius 1 is 1.14 bits per heavy atom. The standard InChI is InChI=1S/C19H20FN3O4S.ClH/c1-21-10-13-12-23(28(24,25)14-8-9-17(26-2)22-11-14)18(19(13)27-3)15-6-4-5-7-16(15)20;/h4-9,11-12,21H,10H2,1-3H3;1H. The highest BCUT2D eigenvalue weighted by Crippen LogP contribution is 2.38. The second kappa shape index (κ2) is 9.25. The van der Waals surface area contributed by atoms with Crippen molar-refractivity contribution in [3.8, 4) is 22.9 Å². The molecule has 1 N–H and O–H groups in total. The van der Waals surface area contributed by atoms with E-state index in [4.69, 9.17) is 9.47 Å². The van der Waals surface area contributed by atoms with E-state index in [2.05, 4.69) is 10.3 Å². The molecule has 0 unspecified atom stereocenters. The fourth-order valence-electron chi connectivity index (χ4n) is 2.90. The lowest BCUT2D eigenvalue weighted by molar-refractivity contribution is 0.397. The van der Waals surface area contributed by atoms with E-state index >= 15 is 0 Å². The number of nitrogens with one attached hydrogen (secondary N) is 1. The summed E-state index contributed by atoms with van der Waals surface area (Å²) in [4.78, 5) is 3.91. The Labute approximate surface area is 175 Å². The maximum Gasteiger partial charge on any atom is 0.269 e. The van der Waals surface area contributed by atoms with Gasteiger partial charge in [0, 0.05) is 29.9 Å². The highest BCUT2D eigenvalue weighted by atomic mass is 35.5. The Morgan fingerprint density at radius 3 is 2.41 bits per heavy atom. The van der Waals surface area contributed by atoms with E-state index in [0.29, 0.717) is 12.1 Å². The molecule has 156 valence electrons. The Bertz CT molecular complexity index is 1090. The van der Waals surface area contributed by atoms with Crippen molar-refractivity contribution in [1.29, 1.82) is 0 Å². The zero-order valence-corrected chi connectivity index (χ0v) is 17.7. The van der Waals surface area contributed by atoms with Crippen molar-refractivity contribution in [3.63, 3.8) is 0 Å². The highest BCUT2D eigenvalue weighted by Gasteiger charge is 2.28. The van der Waals surface area contributed by atoms with Crippen molar-refractivity contribution < 1.29 is 22.3 Å². The lowest BCUT2D eigenvalue weighted by atomic mass is 10.1. The second-order valence-corrected chi connectivity index (χ2v) is 7.70. The summed E-state index contributed by atoms with van der Waals surface area (Å²) in [6, 6.07) is 8.78. The normalized spacial score (nSPS) is 11.0. The van der Waals surface area contributed by atoms with Gasteiger partial charge in [-0.05, 0) is 25.2 Å². The first-order valence-corrected chi connectivity index (χ1v) is 9.81. The fraction of sp³-hybridized carbons (Fsp3) is 0.211. The van der Waals surface area contributed by atoms with Crippen LogP contribution < -0.4 is 14.8 Å². The molecule has 0 saturated heterocycles. The topological polar surface area (TPSA) is 82.5 Å². The summed E-state index contributed by atoms with van der Waals surface area (Å²) >= 11 is 0. The predicted octanol–water partition coefficient (Wildman–Crippen LogP) is 3.08. The molecule has 3 aromatic rings. The summed E-state index contributed by atoms with van der Waals surface area (Å²) in [7, 11) is 0.518. The van der Waals surface area contributed by atoms with Crippen LogP contribution in [0, 0.1) is 5.82 Å². The molecule has 7 nitrogen and oxygen atoms in total. The third kappa shape index (κ3) is 4.21. The molecule has 0 atom stereocenters. The van der Waals surface area contributed by atoms with Crippen LogP contribution in [0.2, 0.25) is 0 Å². The number of ether oxygens (including phenoxy) is 2. The zero-order valence-electron chi connectivity index (χ0n) is 16.0. The van der Waals surface area contributed by atoms with E-state index in [0.717, 1.165) is 3.97 Å². The largest absolute Gasteiger partial charge is 0.494 e. The number of pyridine rings is 1. The van der Waals surface area contributed by atoms with Crippen LogP contribution in [0.1, 0.15) is 5.56 Å². The molecule has 29 heavy (non-hydrogen) atoms. The Morgan fingerprint density at radius 2 is 1.86 bits per heavy atom. The lowest BCUT2D eigenvalue weighted by Gasteiger charge is -2.13. The van der Waals surface area contributed by atoms with Crippen LogP contribution in [0.4, 0.5) is 4.39 Å². The first-order chi connectivity index (χ1) is 13.4. The molecule has 10 heteroatoms. The molecule has 2 aromatic heterocycles. The molecular formula is C19H21ClFN3O4S. The summed E-state index contributed by atoms with van der Waals surface area (Å²) < 4.78 is 52.6. The molecule has 0 saturated carbocycles. The fourth-order valence-corrected chi connectivity index (χ4v) is 4.24. The van der Waals surface area contributed by atoms with Crippen molar-refractivity contribution in [3.05, 3.63) is 60.2 Å². The van der Waals surface area contributed by atoms with Gasteiger partial charge in [-0.15, -0.1) is 12.4 Å². The van der Waals surface area contributed by atoms with Crippen LogP contribution >= 0.6 is 12.4 Å². The van der Waals surface area contributed by atoms with Gasteiger partial charge < -0.3 is 14.8 Å². The number of hydrogen-bond acceptors (Lipinski definition) is 6. The van der Waals surface area contributed by atoms with Crippen molar-refractivity contribution in [2.24, 2.45) is 0 Å². The molecule has 0 aliphatic heterocycles. The Balaban J connectivity index is 0.00000300. The van der Waals surface area contributed by atoms with Crippen LogP contribution in [0.15, 0.2) is 53.7 Å². The monoisotopic (exact) mass is 441 g/mol. The van der Waals surface area contributed by atoms with E-state index in [-0.39, 0.29) is 40.2 Å². The van der Waals surface area contributed by atoms with Crippen molar-refractivity contribution in [2.75, 3.05) is 21.3 Å². The van der Waals surface area contributed by atoms with Gasteiger partial charge in [0.25, 0.3) is 10.0 Å². The van der Waals surface area contributed by atoms with E-state index < -0.39 is 15.8 Å². The van der Waals surface area contributed by atoms with Crippen LogP contribution in [-0.4, -0.2) is 38.6 Å². The number of rotatable bonds is 7. The molecule has 0 spiro atoms. The minimum atomic E-state index is -4.07. The Hall–Kier alpha value is -2.62. The van der Waals surface area contributed by atoms with Gasteiger partial charge in [-0.3, -0.25) is 0 Å². The minimum Gasteiger partial charge on any atom is -0.494 e. The molecular weight excluding hydrogens is 421 g/mol. The molecule has 3 rings (SSSR count). The van der Waals surface area contributed by atoms with Gasteiger partial charge in [0.15, 0.2) is 0 Å². The molecule has 0 aliphatic carbocycles. The number of benzene rings is 1. The van der Waals surface area contributed by atoms with E-state index in [9.17, 15) is 12.8 Å². The average Bonchev–Trinajstić information content (AvgIpc) is 3.07. The molecule has 0 fully saturated rings. The molecule has 0 radical (unpaired) electrons. The smallest absolute Gasteiger partial charge is 0.269 e. The lowest BCUT2D eigenvalue weighted by Crippen LogP contribution is -2.14. The van der Waals surface area contributed by atoms with Crippen molar-refractivity contribution in [1.82, 2.24) is 14.3 Å². The van der Waals surface area contributed by atoms with Gasteiger partial charge in [-0.2, -0.15) is 0 Å². The summed E-state index contributed by atoms with van der Waals surface area (Å²) in [5.74, 6) is 0.0120. The van der Waals surface area contributed by atoms with Gasteiger partial charge in [0.1, 0.15) is 22.2 Å². The maximum absolute atomic E-state index is 14.5. The summed E-state index contributed by atoms with van der Waals surface area (Å²) in [5, 5.41) is 2.96. The highest BCUT2D eigenvalue weighted by molar-refractivity contribution is 7.90. The van der Waals surface area contributed by atoms with Gasteiger partial charge in [-0.1, -0.05) is 12.1 Å². The van der Waals surface area contributed by atoms with Gasteiger partial charge in [0.05, 0.1) is 20.4 Å². The molecule has 0 bridgehead atoms. The van der Waals surface area contributed by atoms with Crippen LogP contribution in [0.25, 0.3) is 11.3 Å². The summed E-state index contributed by atoms with van der Waals surface area (Å²) in [6.07, 6.45) is 2.63. The molecule has 2 heterocycles. The van der Waals surface area contributed by atoms with E-state index in [1.165, 1.54) is 56.9 Å². The first-order valence-electron chi connectivity index (χ1n) is 8.37. The minimum absolute atomic E-state index is 0. The summed E-state index contributed by atoms with van der Waals surface area (Å²) in [5.41, 5.74) is 0.807. The maximum atomic E-state index is 14.5. The van der Waals surface area contributed by atoms with Gasteiger partial charge >= 0.3 is 0 Å². The number of nitrogens with zero attached hydrogens (tertiary/aromatic N) is 2. The van der Waals surface area contributed by atoms with E-state index in [1.54, 1.807) is 13.1 Å². The van der Waals surface area contributed by atoms with Crippen LogP contribution in [0.3, 0.4) is 0 Å². The number of aromatic nitrogens is 2. The second-order valence-electron chi connectivity index (χ2n) is 5.88. The molecule has 0 amide bonds. The quantitative estimate of drug-likeness (QED) is 0.606. The molecule has 0 aliphatic rings. The number of halogens is 2. The zero-order chi connectivity index (χ0) is 20.3. The third-order valence-corrected chi connectivity index (χ3v) is 5.82. The SMILES string of the molecule is CNCc1cn(S(=O)(=O)c2ccc(OC)nc2)c(-c2ccccc2F)c1OC.Cl. The van der Waals surface area contributed by atoms with Crippen molar-refractivity contribution in [2.45, 2.75) is 11.4 Å². The molecule has 1 aromatic carbocycles. The number of hydrogen-bond donors (Lipinski definition) is 1. The average molecular weight is 442 g/mol. The third-order valence-electron chi connectivity index (χ3n) is 4.18. The van der Waals surface area contributed by atoms with Gasteiger partial charge in [0.2, 0.25) is 5.88 Å². The summed E-state index contributed by atoms with van der Waals surface area (Å²) in [6.45, 7) is 0.341. The number of methoxy groups -OCH3 is 2. The van der Waals surface area contributed by atoms with E-state index in [1.807, 2.05) is 0 Å². The predicted molar refractivity (Wildman–Crippen MR) is 110 cm³/mol. The van der Waals surface area contributed by atoms with Crippen molar-refractivity contribution >= 4 is 22.4 Å². The Kier molecular flexibility index (Phi) is 7.23. The van der Waals surface area contributed by atoms with Crippen LogP contribution in [0.5, 0.6) is 11.6 Å². The van der Waals surface area contributed by atoms with Crippen LogP contribution in [-0.2, 0) is 16.6 Å². The first kappa shape index (κ1) is 22.7.